The van der Waals surface area contributed by atoms with E-state index in [-0.39, 0.29) is 6.09 Å². The lowest BCUT2D eigenvalue weighted by atomic mass is 10.2. The van der Waals surface area contributed by atoms with Crippen LogP contribution in [0.5, 0.6) is 0 Å². The van der Waals surface area contributed by atoms with E-state index in [0.717, 1.165) is 30.8 Å². The van der Waals surface area contributed by atoms with Gasteiger partial charge in [0, 0.05) is 24.8 Å². The van der Waals surface area contributed by atoms with Crippen LogP contribution in [-0.4, -0.2) is 30.8 Å². The Kier molecular flexibility index (Phi) is 5.07. The molecule has 1 aliphatic rings. The van der Waals surface area contributed by atoms with Crippen LogP contribution in [0.25, 0.3) is 0 Å². The normalized spacial score (nSPS) is 18.3. The van der Waals surface area contributed by atoms with Gasteiger partial charge in [-0.15, -0.1) is 0 Å². The number of amides is 1. The first-order chi connectivity index (χ1) is 9.92. The molecule has 116 valence electrons. The highest BCUT2D eigenvalue weighted by atomic mass is 16.6. The third kappa shape index (κ3) is 5.63. The highest BCUT2D eigenvalue weighted by Crippen LogP contribution is 2.13. The van der Waals surface area contributed by atoms with Gasteiger partial charge in [-0.2, -0.15) is 0 Å². The minimum atomic E-state index is -0.465. The smallest absolute Gasteiger partial charge is 0.407 e. The fraction of sp³-hybridized carbons (Fsp3) is 0.562. The van der Waals surface area contributed by atoms with Gasteiger partial charge in [0.2, 0.25) is 0 Å². The van der Waals surface area contributed by atoms with Crippen LogP contribution in [0.3, 0.4) is 0 Å². The van der Waals surface area contributed by atoms with Gasteiger partial charge in [-0.25, -0.2) is 4.79 Å². The molecule has 1 aromatic carbocycles. The summed E-state index contributed by atoms with van der Waals surface area (Å²) in [5, 5.41) is 9.58. The zero-order valence-electron chi connectivity index (χ0n) is 13.0. The quantitative estimate of drug-likeness (QED) is 0.797. The van der Waals surface area contributed by atoms with Gasteiger partial charge < -0.3 is 20.7 Å². The number of benzene rings is 1. The number of anilines is 1. The number of rotatable bonds is 4. The second kappa shape index (κ2) is 6.80. The fourth-order valence-electron chi connectivity index (χ4n) is 2.22. The Morgan fingerprint density at radius 3 is 2.62 bits per heavy atom. The van der Waals surface area contributed by atoms with Gasteiger partial charge in [0.15, 0.2) is 0 Å². The van der Waals surface area contributed by atoms with Crippen LogP contribution in [0.2, 0.25) is 0 Å². The molecular formula is C16H25N3O2. The standard InChI is InChI=1S/C16H25N3O2/c1-16(2,3)21-15(20)18-10-12-4-6-13(7-5-12)19-14-8-9-17-11-14/h4-7,14,17,19H,8-11H2,1-3H3,(H,18,20). The van der Waals surface area contributed by atoms with Crippen molar-refractivity contribution in [3.8, 4) is 0 Å². The maximum absolute atomic E-state index is 11.6. The van der Waals surface area contributed by atoms with Crippen LogP contribution in [0.1, 0.15) is 32.8 Å². The van der Waals surface area contributed by atoms with Gasteiger partial charge in [0.05, 0.1) is 0 Å². The summed E-state index contributed by atoms with van der Waals surface area (Å²) in [4.78, 5) is 11.6. The summed E-state index contributed by atoms with van der Waals surface area (Å²) in [6.07, 6.45) is 0.767. The van der Waals surface area contributed by atoms with Gasteiger partial charge in [0.25, 0.3) is 0 Å². The van der Waals surface area contributed by atoms with Crippen molar-refractivity contribution in [2.45, 2.75) is 45.4 Å². The molecule has 1 amide bonds. The summed E-state index contributed by atoms with van der Waals surface area (Å²) in [7, 11) is 0. The monoisotopic (exact) mass is 291 g/mol. The number of alkyl carbamates (subject to hydrolysis) is 1. The number of carbonyl (C=O) groups excluding carboxylic acids is 1. The molecule has 0 bridgehead atoms. The topological polar surface area (TPSA) is 62.4 Å². The Morgan fingerprint density at radius 1 is 1.33 bits per heavy atom. The average Bonchev–Trinajstić information content (AvgIpc) is 2.89. The van der Waals surface area contributed by atoms with Crippen molar-refractivity contribution in [2.24, 2.45) is 0 Å². The number of nitrogens with one attached hydrogen (secondary N) is 3. The van der Waals surface area contributed by atoms with E-state index in [1.54, 1.807) is 0 Å². The zero-order chi connectivity index (χ0) is 15.3. The molecule has 1 fully saturated rings. The molecule has 1 atom stereocenters. The fourth-order valence-corrected chi connectivity index (χ4v) is 2.22. The van der Waals surface area contributed by atoms with Crippen LogP contribution >= 0.6 is 0 Å². The first-order valence-electron chi connectivity index (χ1n) is 7.45. The van der Waals surface area contributed by atoms with Crippen LogP contribution in [0.15, 0.2) is 24.3 Å². The Morgan fingerprint density at radius 2 is 2.05 bits per heavy atom. The lowest BCUT2D eigenvalue weighted by Crippen LogP contribution is -2.32. The van der Waals surface area contributed by atoms with Crippen LogP contribution < -0.4 is 16.0 Å². The molecule has 1 heterocycles. The van der Waals surface area contributed by atoms with Crippen molar-refractivity contribution >= 4 is 11.8 Å². The molecule has 1 aliphatic heterocycles. The van der Waals surface area contributed by atoms with E-state index in [9.17, 15) is 4.79 Å². The summed E-state index contributed by atoms with van der Waals surface area (Å²) in [6, 6.07) is 8.63. The molecule has 5 heteroatoms. The van der Waals surface area contributed by atoms with Crippen molar-refractivity contribution in [1.82, 2.24) is 10.6 Å². The second-order valence-electron chi connectivity index (χ2n) is 6.39. The van der Waals surface area contributed by atoms with Crippen LogP contribution in [0.4, 0.5) is 10.5 Å². The largest absolute Gasteiger partial charge is 0.444 e. The summed E-state index contributed by atoms with van der Waals surface area (Å²) in [5.41, 5.74) is 1.70. The van der Waals surface area contributed by atoms with Crippen molar-refractivity contribution < 1.29 is 9.53 Å². The van der Waals surface area contributed by atoms with E-state index in [4.69, 9.17) is 4.74 Å². The minimum Gasteiger partial charge on any atom is -0.444 e. The third-order valence-corrected chi connectivity index (χ3v) is 3.22. The average molecular weight is 291 g/mol. The van der Waals surface area contributed by atoms with Gasteiger partial charge in [-0.3, -0.25) is 0 Å². The zero-order valence-corrected chi connectivity index (χ0v) is 13.0. The van der Waals surface area contributed by atoms with E-state index >= 15 is 0 Å². The molecule has 1 aromatic rings. The number of carbonyl (C=O) groups is 1. The van der Waals surface area contributed by atoms with E-state index in [0.29, 0.717) is 12.6 Å². The van der Waals surface area contributed by atoms with Crippen LogP contribution in [0, 0.1) is 0 Å². The molecule has 0 aromatic heterocycles. The molecule has 1 unspecified atom stereocenters. The van der Waals surface area contributed by atoms with E-state index in [2.05, 4.69) is 16.0 Å². The van der Waals surface area contributed by atoms with Crippen LogP contribution in [-0.2, 0) is 11.3 Å². The molecule has 0 saturated carbocycles. The Labute approximate surface area is 126 Å². The number of hydrogen-bond acceptors (Lipinski definition) is 4. The number of hydrogen-bond donors (Lipinski definition) is 3. The van der Waals surface area contributed by atoms with Crippen molar-refractivity contribution in [2.75, 3.05) is 18.4 Å². The van der Waals surface area contributed by atoms with E-state index in [1.165, 1.54) is 0 Å². The Bertz CT molecular complexity index is 459. The molecule has 0 spiro atoms. The summed E-state index contributed by atoms with van der Waals surface area (Å²) < 4.78 is 5.20. The predicted octanol–water partition coefficient (Wildman–Crippen LogP) is 2.49. The first kappa shape index (κ1) is 15.6. The van der Waals surface area contributed by atoms with Gasteiger partial charge in [0.1, 0.15) is 5.60 Å². The van der Waals surface area contributed by atoms with Gasteiger partial charge in [-0.05, 0) is 51.4 Å². The third-order valence-electron chi connectivity index (χ3n) is 3.22. The van der Waals surface area contributed by atoms with Gasteiger partial charge >= 0.3 is 6.09 Å². The van der Waals surface area contributed by atoms with E-state index in [1.807, 2.05) is 45.0 Å². The van der Waals surface area contributed by atoms with Crippen molar-refractivity contribution in [3.63, 3.8) is 0 Å². The van der Waals surface area contributed by atoms with Crippen molar-refractivity contribution in [1.29, 1.82) is 0 Å². The van der Waals surface area contributed by atoms with Crippen molar-refractivity contribution in [3.05, 3.63) is 29.8 Å². The first-order valence-corrected chi connectivity index (χ1v) is 7.45. The molecule has 1 saturated heterocycles. The second-order valence-corrected chi connectivity index (χ2v) is 6.39. The Balaban J connectivity index is 1.78. The molecule has 2 rings (SSSR count). The highest BCUT2D eigenvalue weighted by molar-refractivity contribution is 5.67. The highest BCUT2D eigenvalue weighted by Gasteiger charge is 2.16. The SMILES string of the molecule is CC(C)(C)OC(=O)NCc1ccc(NC2CCNC2)cc1. The minimum absolute atomic E-state index is 0.387. The molecule has 0 aliphatic carbocycles. The molecule has 3 N–H and O–H groups in total. The van der Waals surface area contributed by atoms with Gasteiger partial charge in [-0.1, -0.05) is 12.1 Å². The Hall–Kier alpha value is -1.75. The lowest BCUT2D eigenvalue weighted by Gasteiger charge is -2.19. The molecular weight excluding hydrogens is 266 g/mol. The maximum Gasteiger partial charge on any atom is 0.407 e. The molecule has 0 radical (unpaired) electrons. The summed E-state index contributed by atoms with van der Waals surface area (Å²) in [6.45, 7) is 8.12. The lowest BCUT2D eigenvalue weighted by molar-refractivity contribution is 0.0523. The molecule has 5 nitrogen and oxygen atoms in total. The maximum atomic E-state index is 11.6. The summed E-state index contributed by atoms with van der Waals surface area (Å²) in [5.74, 6) is 0. The number of ether oxygens (including phenoxy) is 1. The summed E-state index contributed by atoms with van der Waals surface area (Å²) >= 11 is 0. The van der Waals surface area contributed by atoms with E-state index < -0.39 is 5.60 Å². The molecule has 21 heavy (non-hydrogen) atoms. The predicted molar refractivity (Wildman–Crippen MR) is 84.4 cm³/mol.